The van der Waals surface area contributed by atoms with Gasteiger partial charge in [-0.05, 0) is 35.4 Å². The molecule has 0 unspecified atom stereocenters. The molecule has 0 atom stereocenters. The summed E-state index contributed by atoms with van der Waals surface area (Å²) in [6.45, 7) is 0.577. The number of amides is 1. The molecule has 0 aliphatic carbocycles. The predicted octanol–water partition coefficient (Wildman–Crippen LogP) is 3.74. The lowest BCUT2D eigenvalue weighted by Gasteiger charge is -2.12. The topological polar surface area (TPSA) is 55.1 Å². The van der Waals surface area contributed by atoms with Gasteiger partial charge < -0.3 is 11.1 Å². The van der Waals surface area contributed by atoms with E-state index in [1.807, 2.05) is 42.5 Å². The lowest BCUT2D eigenvalue weighted by atomic mass is 10.1. The van der Waals surface area contributed by atoms with Crippen LogP contribution in [0.15, 0.2) is 46.9 Å². The lowest BCUT2D eigenvalue weighted by Crippen LogP contribution is -2.15. The van der Waals surface area contributed by atoms with Crippen molar-refractivity contribution in [2.24, 2.45) is 5.73 Å². The SMILES string of the molecule is NC(=O)Cc1ccccc1NCc1cc(Br)ccc1Cl. The highest BCUT2D eigenvalue weighted by Gasteiger charge is 2.06. The average Bonchev–Trinajstić information content (AvgIpc) is 2.41. The molecule has 0 aliphatic heterocycles. The van der Waals surface area contributed by atoms with E-state index in [0.29, 0.717) is 11.6 Å². The van der Waals surface area contributed by atoms with E-state index in [4.69, 9.17) is 17.3 Å². The van der Waals surface area contributed by atoms with E-state index in [1.54, 1.807) is 0 Å². The van der Waals surface area contributed by atoms with Gasteiger partial charge in [-0.1, -0.05) is 45.7 Å². The first-order chi connectivity index (χ1) is 9.56. The number of halogens is 2. The zero-order valence-electron chi connectivity index (χ0n) is 10.7. The Balaban J connectivity index is 2.14. The molecule has 0 saturated carbocycles. The van der Waals surface area contributed by atoms with E-state index in [1.165, 1.54) is 0 Å². The Labute approximate surface area is 131 Å². The fraction of sp³-hybridized carbons (Fsp3) is 0.133. The molecule has 1 amide bonds. The van der Waals surface area contributed by atoms with Gasteiger partial charge in [0.15, 0.2) is 0 Å². The van der Waals surface area contributed by atoms with Crippen LogP contribution in [0.5, 0.6) is 0 Å². The minimum absolute atomic E-state index is 0.218. The molecule has 3 N–H and O–H groups in total. The molecule has 0 spiro atoms. The summed E-state index contributed by atoms with van der Waals surface area (Å²) in [6.07, 6.45) is 0.218. The molecule has 3 nitrogen and oxygen atoms in total. The maximum absolute atomic E-state index is 11.1. The largest absolute Gasteiger partial charge is 0.381 e. The molecule has 0 aromatic heterocycles. The number of primary amides is 1. The molecule has 2 aromatic rings. The molecule has 2 rings (SSSR count). The van der Waals surface area contributed by atoms with Crippen LogP contribution < -0.4 is 11.1 Å². The molecule has 0 bridgehead atoms. The smallest absolute Gasteiger partial charge is 0.221 e. The molecule has 0 saturated heterocycles. The lowest BCUT2D eigenvalue weighted by molar-refractivity contribution is -0.117. The third-order valence-corrected chi connectivity index (χ3v) is 3.72. The highest BCUT2D eigenvalue weighted by Crippen LogP contribution is 2.23. The summed E-state index contributed by atoms with van der Waals surface area (Å²) >= 11 is 9.57. The van der Waals surface area contributed by atoms with Crippen LogP contribution in [0.3, 0.4) is 0 Å². The van der Waals surface area contributed by atoms with Crippen molar-refractivity contribution >= 4 is 39.1 Å². The van der Waals surface area contributed by atoms with Crippen LogP contribution in [0.2, 0.25) is 5.02 Å². The molecule has 0 fully saturated rings. The summed E-state index contributed by atoms with van der Waals surface area (Å²) in [5.74, 6) is -0.347. The van der Waals surface area contributed by atoms with Gasteiger partial charge in [-0.3, -0.25) is 4.79 Å². The van der Waals surface area contributed by atoms with E-state index in [2.05, 4.69) is 21.2 Å². The second-order valence-corrected chi connectivity index (χ2v) is 5.71. The number of carbonyl (C=O) groups excluding carboxylic acids is 1. The number of nitrogens with one attached hydrogen (secondary N) is 1. The van der Waals surface area contributed by atoms with E-state index in [-0.39, 0.29) is 12.3 Å². The van der Waals surface area contributed by atoms with Crippen molar-refractivity contribution in [1.29, 1.82) is 0 Å². The number of nitrogens with two attached hydrogens (primary N) is 1. The Bertz CT molecular complexity index is 631. The van der Waals surface area contributed by atoms with Gasteiger partial charge in [0.2, 0.25) is 5.91 Å². The highest BCUT2D eigenvalue weighted by atomic mass is 79.9. The molecular formula is C15H14BrClN2O. The average molecular weight is 354 g/mol. The molecular weight excluding hydrogens is 340 g/mol. The second-order valence-electron chi connectivity index (χ2n) is 4.39. The van der Waals surface area contributed by atoms with Crippen LogP contribution in [0.25, 0.3) is 0 Å². The fourth-order valence-corrected chi connectivity index (χ4v) is 2.50. The first-order valence-corrected chi connectivity index (χ1v) is 7.27. The van der Waals surface area contributed by atoms with Crippen molar-refractivity contribution in [3.8, 4) is 0 Å². The summed E-state index contributed by atoms with van der Waals surface area (Å²) < 4.78 is 0.976. The molecule has 0 aliphatic rings. The summed E-state index contributed by atoms with van der Waals surface area (Å²) in [7, 11) is 0. The van der Waals surface area contributed by atoms with Crippen molar-refractivity contribution < 1.29 is 4.79 Å². The Hall–Kier alpha value is -1.52. The van der Waals surface area contributed by atoms with Gasteiger partial charge >= 0.3 is 0 Å². The van der Waals surface area contributed by atoms with Crippen LogP contribution in [0.4, 0.5) is 5.69 Å². The summed E-state index contributed by atoms with van der Waals surface area (Å²) in [4.78, 5) is 11.1. The Morgan fingerprint density at radius 2 is 1.95 bits per heavy atom. The van der Waals surface area contributed by atoms with Gasteiger partial charge in [-0.25, -0.2) is 0 Å². The van der Waals surface area contributed by atoms with E-state index >= 15 is 0 Å². The minimum Gasteiger partial charge on any atom is -0.381 e. The van der Waals surface area contributed by atoms with Gasteiger partial charge in [0, 0.05) is 21.7 Å². The van der Waals surface area contributed by atoms with Crippen LogP contribution in [0.1, 0.15) is 11.1 Å². The van der Waals surface area contributed by atoms with Crippen molar-refractivity contribution in [2.45, 2.75) is 13.0 Å². The van der Waals surface area contributed by atoms with Gasteiger partial charge in [0.05, 0.1) is 6.42 Å². The first-order valence-electron chi connectivity index (χ1n) is 6.10. The predicted molar refractivity (Wildman–Crippen MR) is 85.8 cm³/mol. The zero-order chi connectivity index (χ0) is 14.5. The molecule has 104 valence electrons. The summed E-state index contributed by atoms with van der Waals surface area (Å²) in [5.41, 5.74) is 8.00. The number of anilines is 1. The van der Waals surface area contributed by atoms with Crippen LogP contribution in [0, 0.1) is 0 Å². The maximum atomic E-state index is 11.1. The zero-order valence-corrected chi connectivity index (χ0v) is 13.0. The Morgan fingerprint density at radius 3 is 2.70 bits per heavy atom. The third kappa shape index (κ3) is 3.99. The van der Waals surface area contributed by atoms with Crippen LogP contribution >= 0.6 is 27.5 Å². The fourth-order valence-electron chi connectivity index (χ4n) is 1.90. The Morgan fingerprint density at radius 1 is 1.20 bits per heavy atom. The van der Waals surface area contributed by atoms with Gasteiger partial charge in [-0.2, -0.15) is 0 Å². The van der Waals surface area contributed by atoms with E-state index in [9.17, 15) is 4.79 Å². The monoisotopic (exact) mass is 352 g/mol. The number of para-hydroxylation sites is 1. The van der Waals surface area contributed by atoms with Crippen LogP contribution in [-0.4, -0.2) is 5.91 Å². The van der Waals surface area contributed by atoms with Gasteiger partial charge in [0.25, 0.3) is 0 Å². The number of hydrogen-bond acceptors (Lipinski definition) is 2. The molecule has 0 heterocycles. The highest BCUT2D eigenvalue weighted by molar-refractivity contribution is 9.10. The van der Waals surface area contributed by atoms with Crippen molar-refractivity contribution in [3.63, 3.8) is 0 Å². The molecule has 0 radical (unpaired) electrons. The summed E-state index contributed by atoms with van der Waals surface area (Å²) in [6, 6.07) is 13.3. The molecule has 5 heteroatoms. The van der Waals surface area contributed by atoms with E-state index < -0.39 is 0 Å². The maximum Gasteiger partial charge on any atom is 0.221 e. The third-order valence-electron chi connectivity index (χ3n) is 2.86. The van der Waals surface area contributed by atoms with Crippen LogP contribution in [-0.2, 0) is 17.8 Å². The second kappa shape index (κ2) is 6.77. The summed E-state index contributed by atoms with van der Waals surface area (Å²) in [5, 5.41) is 3.99. The van der Waals surface area contributed by atoms with Crippen molar-refractivity contribution in [2.75, 3.05) is 5.32 Å². The van der Waals surface area contributed by atoms with E-state index in [0.717, 1.165) is 21.3 Å². The normalized spacial score (nSPS) is 10.3. The van der Waals surface area contributed by atoms with Gasteiger partial charge in [0.1, 0.15) is 0 Å². The van der Waals surface area contributed by atoms with Gasteiger partial charge in [-0.15, -0.1) is 0 Å². The molecule has 20 heavy (non-hydrogen) atoms. The quantitative estimate of drug-likeness (QED) is 0.860. The van der Waals surface area contributed by atoms with Crippen molar-refractivity contribution in [3.05, 3.63) is 63.1 Å². The minimum atomic E-state index is -0.347. The Kier molecular flexibility index (Phi) is 5.04. The first kappa shape index (κ1) is 14.9. The number of hydrogen-bond donors (Lipinski definition) is 2. The number of rotatable bonds is 5. The number of benzene rings is 2. The standard InChI is InChI=1S/C15H14BrClN2O/c16-12-5-6-13(17)11(7-12)9-19-14-4-2-1-3-10(14)8-15(18)20/h1-7,19H,8-9H2,(H2,18,20). The number of carbonyl (C=O) groups is 1. The van der Waals surface area contributed by atoms with Crippen molar-refractivity contribution in [1.82, 2.24) is 0 Å². The molecule has 2 aromatic carbocycles.